The Hall–Kier alpha value is -5.23. The topological polar surface area (TPSA) is 231 Å². The molecule has 0 radical (unpaired) electrons. The number of unbranched alkanes of at least 4 members (excludes halogenated alkanes) is 2. The van der Waals surface area contributed by atoms with Crippen LogP contribution in [0.2, 0.25) is 5.02 Å². The molecule has 5 N–H and O–H groups in total. The normalized spacial score (nSPS) is 14.1. The van der Waals surface area contributed by atoms with E-state index < -0.39 is 57.1 Å². The molecule has 0 aliphatic carbocycles. The standard InChI is InChI=1S/C43H56ClF2N5O14/c1-28(65-42(54)61-20-6-8-23-64-51(57)58)26-62-40-29(2)32(17-18-47-40)24-48-39(52)33-25-49(41(53)60-19-5-7-22-63-50(55)56)27-43(3,4)36(33)31-13-11-30(12-14-31)10-9-21-59-38-35(46)16-15-34(45)37(38)44/h11-18,28,55-58H,5-10,19-27H2,1-4H3,(H,48,52). The lowest BCUT2D eigenvalue weighted by atomic mass is 9.74. The van der Waals surface area contributed by atoms with E-state index in [4.69, 9.17) is 56.1 Å². The Morgan fingerprint density at radius 3 is 2.15 bits per heavy atom. The van der Waals surface area contributed by atoms with E-state index in [9.17, 15) is 23.2 Å². The van der Waals surface area contributed by atoms with Crippen molar-refractivity contribution in [3.63, 3.8) is 0 Å². The van der Waals surface area contributed by atoms with E-state index in [1.807, 2.05) is 38.1 Å². The second-order valence-electron chi connectivity index (χ2n) is 15.5. The molecule has 0 saturated heterocycles. The summed E-state index contributed by atoms with van der Waals surface area (Å²) in [6.07, 6.45) is 1.82. The van der Waals surface area contributed by atoms with Gasteiger partial charge in [-0.2, -0.15) is 0 Å². The lowest BCUT2D eigenvalue weighted by molar-refractivity contribution is -0.492. The monoisotopic (exact) mass is 939 g/mol. The first-order valence-electron chi connectivity index (χ1n) is 20.8. The predicted molar refractivity (Wildman–Crippen MR) is 225 cm³/mol. The van der Waals surface area contributed by atoms with Crippen molar-refractivity contribution in [3.8, 4) is 11.6 Å². The van der Waals surface area contributed by atoms with E-state index in [1.165, 1.54) is 11.1 Å². The van der Waals surface area contributed by atoms with E-state index in [-0.39, 0.29) is 70.9 Å². The van der Waals surface area contributed by atoms with E-state index >= 15 is 0 Å². The summed E-state index contributed by atoms with van der Waals surface area (Å²) < 4.78 is 55.1. The van der Waals surface area contributed by atoms with Gasteiger partial charge in [-0.05, 0) is 92.8 Å². The van der Waals surface area contributed by atoms with Crippen molar-refractivity contribution in [2.24, 2.45) is 5.41 Å². The lowest BCUT2D eigenvalue weighted by Crippen LogP contribution is -2.47. The number of ether oxygens (including phenoxy) is 5. The number of aromatic nitrogens is 1. The summed E-state index contributed by atoms with van der Waals surface area (Å²) in [6.45, 7) is 7.52. The Bertz CT molecular complexity index is 2060. The fourth-order valence-corrected chi connectivity index (χ4v) is 7.02. The molecule has 1 aliphatic rings. The van der Waals surface area contributed by atoms with Crippen molar-refractivity contribution >= 4 is 35.3 Å². The van der Waals surface area contributed by atoms with Crippen LogP contribution in [0.3, 0.4) is 0 Å². The zero-order valence-electron chi connectivity index (χ0n) is 36.6. The molecule has 1 aromatic heterocycles. The lowest BCUT2D eigenvalue weighted by Gasteiger charge is -2.41. The molecule has 19 nitrogen and oxygen atoms in total. The molecule has 65 heavy (non-hydrogen) atoms. The van der Waals surface area contributed by atoms with Crippen LogP contribution in [0.4, 0.5) is 18.4 Å². The number of carbonyl (C=O) groups excluding carboxylic acids is 3. The second kappa shape index (κ2) is 26.1. The Morgan fingerprint density at radius 2 is 1.49 bits per heavy atom. The van der Waals surface area contributed by atoms with E-state index in [1.54, 1.807) is 19.9 Å². The van der Waals surface area contributed by atoms with Crippen LogP contribution >= 0.6 is 11.6 Å². The van der Waals surface area contributed by atoms with Crippen molar-refractivity contribution in [3.05, 3.63) is 93.1 Å². The molecule has 2 heterocycles. The number of amides is 2. The van der Waals surface area contributed by atoms with Crippen LogP contribution in [0.5, 0.6) is 11.6 Å². The van der Waals surface area contributed by atoms with Crippen molar-refractivity contribution in [1.82, 2.24) is 26.0 Å². The van der Waals surface area contributed by atoms with Gasteiger partial charge >= 0.3 is 12.2 Å². The minimum Gasteiger partial charge on any atom is -0.489 e. The third kappa shape index (κ3) is 16.9. The first kappa shape index (κ1) is 52.4. The van der Waals surface area contributed by atoms with Crippen molar-refractivity contribution in [2.75, 3.05) is 52.7 Å². The van der Waals surface area contributed by atoms with Crippen LogP contribution in [-0.4, -0.2) is 118 Å². The number of nitrogens with zero attached hydrogens (tertiary/aromatic N) is 4. The Kier molecular flexibility index (Phi) is 21.0. The molecule has 4 rings (SSSR count). The third-order valence-corrected chi connectivity index (χ3v) is 10.3. The molecule has 0 saturated carbocycles. The number of rotatable bonds is 25. The SMILES string of the molecule is Cc1c(CNC(=O)C2=C(c3ccc(CCCOc4c(F)ccc(F)c4Cl)cc3)C(C)(C)CN(C(=O)OCCCCON(O)O)C2)ccnc1OCC(C)OC(=O)OCCCCON(O)O. The highest BCUT2D eigenvalue weighted by Crippen LogP contribution is 2.42. The van der Waals surface area contributed by atoms with Crippen LogP contribution in [-0.2, 0) is 41.6 Å². The maximum atomic E-state index is 14.3. The molecule has 0 spiro atoms. The highest BCUT2D eigenvalue weighted by molar-refractivity contribution is 6.32. The summed E-state index contributed by atoms with van der Waals surface area (Å²) in [5, 5.41) is 36.3. The molecule has 2 amide bonds. The molecule has 0 fully saturated rings. The van der Waals surface area contributed by atoms with Crippen molar-refractivity contribution in [1.29, 1.82) is 0 Å². The number of hydrogen-bond acceptors (Lipinski definition) is 17. The van der Waals surface area contributed by atoms with Gasteiger partial charge in [0.15, 0.2) is 11.6 Å². The number of carbonyl (C=O) groups is 3. The zero-order chi connectivity index (χ0) is 47.5. The highest BCUT2D eigenvalue weighted by atomic mass is 35.5. The molecule has 1 unspecified atom stereocenters. The Labute approximate surface area is 379 Å². The molecule has 1 atom stereocenters. The van der Waals surface area contributed by atoms with Gasteiger partial charge in [-0.3, -0.25) is 35.3 Å². The van der Waals surface area contributed by atoms with Gasteiger partial charge < -0.3 is 33.9 Å². The average molecular weight is 940 g/mol. The summed E-state index contributed by atoms with van der Waals surface area (Å²) in [7, 11) is 0. The van der Waals surface area contributed by atoms with Crippen LogP contribution < -0.4 is 14.8 Å². The largest absolute Gasteiger partial charge is 0.508 e. The minimum atomic E-state index is -0.907. The van der Waals surface area contributed by atoms with Gasteiger partial charge in [0.25, 0.3) is 0 Å². The number of pyridine rings is 1. The fraction of sp³-hybridized carbons (Fsp3) is 0.488. The van der Waals surface area contributed by atoms with Crippen LogP contribution in [0.25, 0.3) is 5.57 Å². The summed E-state index contributed by atoms with van der Waals surface area (Å²) in [6, 6.07) is 11.2. The summed E-state index contributed by atoms with van der Waals surface area (Å²) in [5.41, 5.74) is 3.30. The maximum Gasteiger partial charge on any atom is 0.508 e. The molecule has 3 aromatic rings. The van der Waals surface area contributed by atoms with E-state index in [0.29, 0.717) is 55.2 Å². The number of aryl methyl sites for hydroxylation is 1. The van der Waals surface area contributed by atoms with Gasteiger partial charge in [-0.25, -0.2) is 23.4 Å². The van der Waals surface area contributed by atoms with Gasteiger partial charge in [-0.15, -0.1) is 0 Å². The molecular formula is C43H56ClF2N5O14. The van der Waals surface area contributed by atoms with Crippen LogP contribution in [0, 0.1) is 24.0 Å². The number of hydrogen-bond donors (Lipinski definition) is 5. The molecule has 22 heteroatoms. The quantitative estimate of drug-likeness (QED) is 0.0241. The van der Waals surface area contributed by atoms with Crippen LogP contribution in [0.1, 0.15) is 75.1 Å². The van der Waals surface area contributed by atoms with Gasteiger partial charge in [0.1, 0.15) is 23.6 Å². The number of benzene rings is 2. The molecule has 358 valence electrons. The maximum absolute atomic E-state index is 14.3. The van der Waals surface area contributed by atoms with Crippen molar-refractivity contribution < 1.29 is 77.4 Å². The van der Waals surface area contributed by atoms with Gasteiger partial charge in [0.05, 0.1) is 50.4 Å². The Balaban J connectivity index is 1.43. The van der Waals surface area contributed by atoms with Gasteiger partial charge in [0, 0.05) is 35.8 Å². The highest BCUT2D eigenvalue weighted by Gasteiger charge is 2.39. The number of nitrogens with one attached hydrogen (secondary N) is 1. The first-order chi connectivity index (χ1) is 31.0. The van der Waals surface area contributed by atoms with E-state index in [2.05, 4.69) is 20.0 Å². The van der Waals surface area contributed by atoms with Gasteiger partial charge in [-0.1, -0.05) is 49.7 Å². The molecule has 0 bridgehead atoms. The van der Waals surface area contributed by atoms with Crippen LogP contribution in [0.15, 0.2) is 54.2 Å². The fourth-order valence-electron chi connectivity index (χ4n) is 6.81. The summed E-state index contributed by atoms with van der Waals surface area (Å²) in [4.78, 5) is 54.5. The van der Waals surface area contributed by atoms with Gasteiger partial charge in [0.2, 0.25) is 11.8 Å². The second-order valence-corrected chi connectivity index (χ2v) is 15.9. The predicted octanol–water partition coefficient (Wildman–Crippen LogP) is 7.39. The minimum absolute atomic E-state index is 0.00873. The third-order valence-electron chi connectivity index (χ3n) is 9.94. The number of halogens is 3. The zero-order valence-corrected chi connectivity index (χ0v) is 37.4. The van der Waals surface area contributed by atoms with Crippen molar-refractivity contribution in [2.45, 2.75) is 78.9 Å². The average Bonchev–Trinajstić information content (AvgIpc) is 3.25. The molecular weight excluding hydrogens is 884 g/mol. The smallest absolute Gasteiger partial charge is 0.489 e. The molecule has 1 aliphatic heterocycles. The summed E-state index contributed by atoms with van der Waals surface area (Å²) in [5.74, 6) is -2.06. The van der Waals surface area contributed by atoms with E-state index in [0.717, 1.165) is 28.8 Å². The molecule has 2 aromatic carbocycles. The first-order valence-corrected chi connectivity index (χ1v) is 21.2. The summed E-state index contributed by atoms with van der Waals surface area (Å²) >= 11 is 5.88. The Morgan fingerprint density at radius 1 is 0.862 bits per heavy atom.